The molecule has 2 aromatic carbocycles. The van der Waals surface area contributed by atoms with Gasteiger partial charge in [-0.1, -0.05) is 40.2 Å². The third kappa shape index (κ3) is 2.28. The smallest absolute Gasteiger partial charge is 0.195 e. The van der Waals surface area contributed by atoms with Crippen molar-refractivity contribution >= 4 is 38.3 Å². The summed E-state index contributed by atoms with van der Waals surface area (Å²) in [4.78, 5) is 9.14. The summed E-state index contributed by atoms with van der Waals surface area (Å²) in [5.41, 5.74) is 4.16. The molecule has 0 radical (unpaired) electrons. The zero-order valence-corrected chi connectivity index (χ0v) is 13.3. The summed E-state index contributed by atoms with van der Waals surface area (Å²) < 4.78 is 3.10. The van der Waals surface area contributed by atoms with Crippen LogP contribution in [0.1, 0.15) is 0 Å². The zero-order chi connectivity index (χ0) is 14.2. The van der Waals surface area contributed by atoms with Gasteiger partial charge in [0.05, 0.1) is 16.7 Å². The minimum atomic E-state index is 0.932. The van der Waals surface area contributed by atoms with E-state index >= 15 is 0 Å². The predicted molar refractivity (Wildman–Crippen MR) is 89.9 cm³/mol. The molecule has 102 valence electrons. The van der Waals surface area contributed by atoms with Gasteiger partial charge in [-0.2, -0.15) is 0 Å². The second-order valence-electron chi connectivity index (χ2n) is 4.63. The lowest BCUT2D eigenvalue weighted by Gasteiger charge is -1.99. The van der Waals surface area contributed by atoms with Crippen LogP contribution in [0.4, 0.5) is 0 Å². The Morgan fingerprint density at radius 2 is 1.81 bits per heavy atom. The van der Waals surface area contributed by atoms with Gasteiger partial charge < -0.3 is 0 Å². The summed E-state index contributed by atoms with van der Waals surface area (Å²) in [6, 6.07) is 16.3. The molecule has 2 heterocycles. The molecule has 0 aliphatic rings. The van der Waals surface area contributed by atoms with Crippen molar-refractivity contribution < 1.29 is 0 Å². The summed E-state index contributed by atoms with van der Waals surface area (Å²) in [6.07, 6.45) is 1.83. The van der Waals surface area contributed by atoms with Crippen molar-refractivity contribution in [1.29, 1.82) is 0 Å². The molecule has 2 aromatic heterocycles. The second kappa shape index (κ2) is 5.09. The monoisotopic (exact) mass is 355 g/mol. The van der Waals surface area contributed by atoms with Crippen LogP contribution in [0.2, 0.25) is 0 Å². The number of thiazole rings is 1. The topological polar surface area (TPSA) is 30.7 Å². The summed E-state index contributed by atoms with van der Waals surface area (Å²) in [6.45, 7) is 0. The van der Waals surface area contributed by atoms with Gasteiger partial charge in [0.1, 0.15) is 6.33 Å². The second-order valence-corrected chi connectivity index (χ2v) is 6.38. The fourth-order valence-electron chi connectivity index (χ4n) is 2.24. The van der Waals surface area contributed by atoms with Gasteiger partial charge in [-0.25, -0.2) is 9.97 Å². The number of hydrogen-bond acceptors (Lipinski definition) is 3. The van der Waals surface area contributed by atoms with Crippen LogP contribution in [0.3, 0.4) is 0 Å². The Morgan fingerprint density at radius 1 is 1.00 bits per heavy atom. The number of rotatable bonds is 2. The van der Waals surface area contributed by atoms with Crippen LogP contribution in [0.5, 0.6) is 0 Å². The number of benzene rings is 2. The van der Waals surface area contributed by atoms with Crippen molar-refractivity contribution in [2.45, 2.75) is 0 Å². The average molecular weight is 356 g/mol. The molecule has 0 saturated heterocycles. The maximum atomic E-state index is 4.73. The average Bonchev–Trinajstić information content (AvgIpc) is 3.14. The third-order valence-corrected chi connectivity index (χ3v) is 4.66. The molecule has 0 aliphatic heterocycles. The highest BCUT2D eigenvalue weighted by atomic mass is 79.9. The Morgan fingerprint density at radius 3 is 2.67 bits per heavy atom. The third-order valence-electron chi connectivity index (χ3n) is 3.29. The number of para-hydroxylation sites is 2. The predicted octanol–water partition coefficient (Wildman–Crippen LogP) is 4.91. The van der Waals surface area contributed by atoms with E-state index in [1.807, 2.05) is 41.2 Å². The molecule has 0 N–H and O–H groups in total. The minimum Gasteiger partial charge on any atom is -0.274 e. The molecular weight excluding hydrogens is 346 g/mol. The van der Waals surface area contributed by atoms with Gasteiger partial charge in [0, 0.05) is 15.4 Å². The lowest BCUT2D eigenvalue weighted by Crippen LogP contribution is -1.90. The van der Waals surface area contributed by atoms with E-state index in [0.717, 1.165) is 31.9 Å². The first kappa shape index (κ1) is 12.7. The maximum absolute atomic E-state index is 4.73. The molecule has 0 spiro atoms. The highest BCUT2D eigenvalue weighted by molar-refractivity contribution is 9.10. The van der Waals surface area contributed by atoms with Gasteiger partial charge in [0.15, 0.2) is 5.13 Å². The van der Waals surface area contributed by atoms with Crippen molar-refractivity contribution in [2.24, 2.45) is 0 Å². The van der Waals surface area contributed by atoms with Gasteiger partial charge >= 0.3 is 0 Å². The Hall–Kier alpha value is -1.98. The first-order valence-electron chi connectivity index (χ1n) is 6.45. The molecule has 0 atom stereocenters. The number of imidazole rings is 1. The molecule has 0 aliphatic carbocycles. The molecule has 0 bridgehead atoms. The van der Waals surface area contributed by atoms with Crippen molar-refractivity contribution in [3.05, 3.63) is 64.7 Å². The molecule has 0 amide bonds. The van der Waals surface area contributed by atoms with E-state index in [9.17, 15) is 0 Å². The number of nitrogens with zero attached hydrogens (tertiary/aromatic N) is 3. The summed E-state index contributed by atoms with van der Waals surface area (Å²) in [7, 11) is 0. The standard InChI is InChI=1S/C16H10BrN3S/c17-12-7-5-11(6-8-12)14-9-21-16(19-14)20-10-18-13-3-1-2-4-15(13)20/h1-10H. The van der Waals surface area contributed by atoms with Crippen LogP contribution < -0.4 is 0 Å². The highest BCUT2D eigenvalue weighted by Crippen LogP contribution is 2.27. The number of halogens is 1. The van der Waals surface area contributed by atoms with Gasteiger partial charge in [-0.3, -0.25) is 4.57 Å². The van der Waals surface area contributed by atoms with Gasteiger partial charge in [0.2, 0.25) is 0 Å². The lowest BCUT2D eigenvalue weighted by atomic mass is 10.2. The van der Waals surface area contributed by atoms with Crippen molar-refractivity contribution in [3.63, 3.8) is 0 Å². The van der Waals surface area contributed by atoms with E-state index < -0.39 is 0 Å². The Balaban J connectivity index is 1.79. The van der Waals surface area contributed by atoms with Crippen LogP contribution in [0.25, 0.3) is 27.4 Å². The Kier molecular flexibility index (Phi) is 3.09. The maximum Gasteiger partial charge on any atom is 0.195 e. The molecule has 0 fully saturated rings. The van der Waals surface area contributed by atoms with E-state index in [1.165, 1.54) is 0 Å². The van der Waals surface area contributed by atoms with E-state index in [2.05, 4.69) is 44.5 Å². The zero-order valence-electron chi connectivity index (χ0n) is 10.9. The van der Waals surface area contributed by atoms with Crippen molar-refractivity contribution in [3.8, 4) is 16.4 Å². The van der Waals surface area contributed by atoms with Crippen molar-refractivity contribution in [1.82, 2.24) is 14.5 Å². The van der Waals surface area contributed by atoms with Crippen molar-refractivity contribution in [2.75, 3.05) is 0 Å². The van der Waals surface area contributed by atoms with Crippen LogP contribution in [-0.2, 0) is 0 Å². The highest BCUT2D eigenvalue weighted by Gasteiger charge is 2.09. The summed E-state index contributed by atoms with van der Waals surface area (Å²) >= 11 is 5.07. The molecule has 21 heavy (non-hydrogen) atoms. The number of aromatic nitrogens is 3. The quantitative estimate of drug-likeness (QED) is 0.511. The minimum absolute atomic E-state index is 0.932. The summed E-state index contributed by atoms with van der Waals surface area (Å²) in [5, 5.41) is 3.01. The lowest BCUT2D eigenvalue weighted by molar-refractivity contribution is 1.07. The summed E-state index contributed by atoms with van der Waals surface area (Å²) in [5.74, 6) is 0. The van der Waals surface area contributed by atoms with E-state index in [-0.39, 0.29) is 0 Å². The molecule has 4 aromatic rings. The van der Waals surface area contributed by atoms with Crippen LogP contribution in [0.15, 0.2) is 64.7 Å². The molecule has 0 saturated carbocycles. The largest absolute Gasteiger partial charge is 0.274 e. The van der Waals surface area contributed by atoms with Crippen LogP contribution >= 0.6 is 27.3 Å². The van der Waals surface area contributed by atoms with Gasteiger partial charge in [-0.15, -0.1) is 11.3 Å². The molecule has 4 rings (SSSR count). The number of fused-ring (bicyclic) bond motifs is 1. The fraction of sp³-hybridized carbons (Fsp3) is 0. The normalized spacial score (nSPS) is 11.1. The van der Waals surface area contributed by atoms with E-state index in [4.69, 9.17) is 4.98 Å². The van der Waals surface area contributed by atoms with Gasteiger partial charge in [0.25, 0.3) is 0 Å². The fourth-order valence-corrected chi connectivity index (χ4v) is 3.32. The Labute approximate surface area is 134 Å². The molecule has 5 heteroatoms. The van der Waals surface area contributed by atoms with Crippen LogP contribution in [-0.4, -0.2) is 14.5 Å². The molecule has 3 nitrogen and oxygen atoms in total. The van der Waals surface area contributed by atoms with Crippen LogP contribution in [0, 0.1) is 0 Å². The number of hydrogen-bond donors (Lipinski definition) is 0. The first-order valence-corrected chi connectivity index (χ1v) is 8.12. The van der Waals surface area contributed by atoms with E-state index in [1.54, 1.807) is 11.3 Å². The van der Waals surface area contributed by atoms with E-state index in [0.29, 0.717) is 0 Å². The van der Waals surface area contributed by atoms with Gasteiger partial charge in [-0.05, 0) is 24.3 Å². The molecule has 0 unspecified atom stereocenters. The SMILES string of the molecule is Brc1ccc(-c2csc(-n3cnc4ccccc43)n2)cc1. The Bertz CT molecular complexity index is 909. The first-order chi connectivity index (χ1) is 10.3. The molecular formula is C16H10BrN3S.